The molecule has 1 heterocycles. The molecule has 0 bridgehead atoms. The Balaban J connectivity index is 1.54. The van der Waals surface area contributed by atoms with E-state index in [0.29, 0.717) is 13.0 Å². The molecule has 4 rings (SSSR count). The molecular weight excluding hydrogens is 367 g/mol. The third-order valence-corrected chi connectivity index (χ3v) is 6.32. The van der Waals surface area contributed by atoms with Crippen LogP contribution < -0.4 is 5.32 Å². The highest BCUT2D eigenvalue weighted by atomic mass is 19.1. The first-order valence-electron chi connectivity index (χ1n) is 10.6. The summed E-state index contributed by atoms with van der Waals surface area (Å²) in [6.07, 6.45) is 3.00. The van der Waals surface area contributed by atoms with E-state index < -0.39 is 0 Å². The number of likely N-dealkylation sites (tertiary alicyclic amines) is 1. The lowest BCUT2D eigenvalue weighted by molar-refractivity contribution is -0.122. The van der Waals surface area contributed by atoms with Gasteiger partial charge in [-0.1, -0.05) is 43.3 Å². The van der Waals surface area contributed by atoms with Crippen LogP contribution in [0.2, 0.25) is 0 Å². The molecule has 1 saturated heterocycles. The molecule has 3 atom stereocenters. The average molecular weight is 397 g/mol. The number of nitrogens with one attached hydrogen (secondary N) is 1. The van der Waals surface area contributed by atoms with Crippen LogP contribution in [0.5, 0.6) is 0 Å². The van der Waals surface area contributed by atoms with E-state index in [2.05, 4.69) is 22.3 Å². The summed E-state index contributed by atoms with van der Waals surface area (Å²) >= 11 is 0. The zero-order valence-corrected chi connectivity index (χ0v) is 16.9. The Labute approximate surface area is 171 Å². The van der Waals surface area contributed by atoms with Crippen LogP contribution in [0, 0.1) is 11.7 Å². The summed E-state index contributed by atoms with van der Waals surface area (Å²) in [5, 5.41) is 13.1. The van der Waals surface area contributed by atoms with Crippen LogP contribution in [0.1, 0.15) is 37.7 Å². The zero-order chi connectivity index (χ0) is 20.4. The predicted octanol–water partition coefficient (Wildman–Crippen LogP) is 3.56. The van der Waals surface area contributed by atoms with E-state index in [4.69, 9.17) is 0 Å². The van der Waals surface area contributed by atoms with Gasteiger partial charge in [0.15, 0.2) is 0 Å². The van der Waals surface area contributed by atoms with Crippen molar-refractivity contribution in [2.24, 2.45) is 5.92 Å². The van der Waals surface area contributed by atoms with Gasteiger partial charge < -0.3 is 10.4 Å². The molecule has 1 aliphatic carbocycles. The lowest BCUT2D eigenvalue weighted by atomic mass is 9.74. The smallest absolute Gasteiger partial charge is 0.219 e. The number of aliphatic hydroxyl groups is 1. The number of benzene rings is 2. The van der Waals surface area contributed by atoms with Crippen LogP contribution in [-0.4, -0.2) is 47.7 Å². The van der Waals surface area contributed by atoms with Crippen molar-refractivity contribution in [3.8, 4) is 11.1 Å². The van der Waals surface area contributed by atoms with E-state index in [9.17, 15) is 14.3 Å². The molecule has 0 aromatic heterocycles. The number of amides is 1. The Morgan fingerprint density at radius 1 is 1.14 bits per heavy atom. The van der Waals surface area contributed by atoms with Crippen molar-refractivity contribution in [1.29, 1.82) is 0 Å². The van der Waals surface area contributed by atoms with Gasteiger partial charge in [-0.05, 0) is 47.6 Å². The summed E-state index contributed by atoms with van der Waals surface area (Å²) in [5.41, 5.74) is 2.98. The van der Waals surface area contributed by atoms with Crippen LogP contribution in [0.15, 0.2) is 48.5 Å². The van der Waals surface area contributed by atoms with Gasteiger partial charge >= 0.3 is 0 Å². The van der Waals surface area contributed by atoms with Crippen LogP contribution in [0.4, 0.5) is 4.39 Å². The van der Waals surface area contributed by atoms with E-state index in [1.165, 1.54) is 25.0 Å². The van der Waals surface area contributed by atoms with E-state index in [0.717, 1.165) is 29.2 Å². The maximum Gasteiger partial charge on any atom is 0.219 e. The number of aliphatic hydroxyl groups excluding tert-OH is 1. The third kappa shape index (κ3) is 4.36. The minimum absolute atomic E-state index is 0.0593. The van der Waals surface area contributed by atoms with E-state index in [1.807, 2.05) is 25.1 Å². The second kappa shape index (κ2) is 8.64. The molecule has 0 radical (unpaired) electrons. The van der Waals surface area contributed by atoms with Crippen LogP contribution in [0.3, 0.4) is 0 Å². The Hall–Kier alpha value is -2.24. The van der Waals surface area contributed by atoms with Crippen LogP contribution in [0.25, 0.3) is 11.1 Å². The molecule has 29 heavy (non-hydrogen) atoms. The van der Waals surface area contributed by atoms with Crippen molar-refractivity contribution in [1.82, 2.24) is 10.2 Å². The van der Waals surface area contributed by atoms with Gasteiger partial charge in [0.05, 0.1) is 6.61 Å². The Kier molecular flexibility index (Phi) is 5.97. The highest BCUT2D eigenvalue weighted by molar-refractivity contribution is 5.75. The highest BCUT2D eigenvalue weighted by Gasteiger charge is 2.49. The fourth-order valence-electron chi connectivity index (χ4n) is 4.50. The molecule has 0 unspecified atom stereocenters. The van der Waals surface area contributed by atoms with E-state index in [-0.39, 0.29) is 36.3 Å². The van der Waals surface area contributed by atoms with Gasteiger partial charge in [0.2, 0.25) is 5.91 Å². The first-order valence-corrected chi connectivity index (χ1v) is 10.6. The van der Waals surface area contributed by atoms with Crippen LogP contribution >= 0.6 is 0 Å². The number of nitrogens with zero attached hydrogens (tertiary/aromatic N) is 1. The summed E-state index contributed by atoms with van der Waals surface area (Å²) in [6, 6.07) is 15.1. The molecule has 4 nitrogen and oxygen atoms in total. The number of halogens is 1. The summed E-state index contributed by atoms with van der Waals surface area (Å²) in [5.74, 6) is 0.722. The second-order valence-corrected chi connectivity index (χ2v) is 8.27. The molecule has 2 N–H and O–H groups in total. The number of carbonyl (C=O) groups excluding carboxylic acids is 1. The molecule has 2 aliphatic rings. The van der Waals surface area contributed by atoms with Crippen molar-refractivity contribution in [2.45, 2.75) is 44.2 Å². The minimum atomic E-state index is -0.242. The van der Waals surface area contributed by atoms with Gasteiger partial charge in [0.1, 0.15) is 5.82 Å². The fourth-order valence-corrected chi connectivity index (χ4v) is 4.50. The van der Waals surface area contributed by atoms with E-state index >= 15 is 0 Å². The summed E-state index contributed by atoms with van der Waals surface area (Å²) < 4.78 is 13.5. The molecule has 2 aromatic rings. The van der Waals surface area contributed by atoms with Gasteiger partial charge in [0.25, 0.3) is 0 Å². The quantitative estimate of drug-likeness (QED) is 0.717. The molecule has 154 valence electrons. The monoisotopic (exact) mass is 396 g/mol. The number of hydrogen-bond acceptors (Lipinski definition) is 3. The molecule has 2 aromatic carbocycles. The molecule has 1 aliphatic heterocycles. The lowest BCUT2D eigenvalue weighted by Gasteiger charge is -2.55. The molecule has 1 amide bonds. The summed E-state index contributed by atoms with van der Waals surface area (Å²) in [6.45, 7) is 3.57. The minimum Gasteiger partial charge on any atom is -0.395 e. The van der Waals surface area contributed by atoms with Crippen molar-refractivity contribution < 1.29 is 14.3 Å². The molecule has 1 saturated carbocycles. The van der Waals surface area contributed by atoms with Gasteiger partial charge in [-0.25, -0.2) is 4.39 Å². The zero-order valence-electron chi connectivity index (χ0n) is 16.9. The summed E-state index contributed by atoms with van der Waals surface area (Å²) in [7, 11) is 0. The Morgan fingerprint density at radius 2 is 1.90 bits per heavy atom. The second-order valence-electron chi connectivity index (χ2n) is 8.27. The van der Waals surface area contributed by atoms with Crippen molar-refractivity contribution >= 4 is 5.91 Å². The van der Waals surface area contributed by atoms with Gasteiger partial charge in [0, 0.05) is 37.5 Å². The highest BCUT2D eigenvalue weighted by Crippen LogP contribution is 2.44. The maximum atomic E-state index is 13.5. The maximum absolute atomic E-state index is 13.5. The van der Waals surface area contributed by atoms with Crippen LogP contribution in [-0.2, 0) is 4.79 Å². The molecule has 5 heteroatoms. The number of rotatable bonds is 8. The topological polar surface area (TPSA) is 52.6 Å². The largest absolute Gasteiger partial charge is 0.395 e. The average Bonchev–Trinajstić information content (AvgIpc) is 3.55. The predicted molar refractivity (Wildman–Crippen MR) is 112 cm³/mol. The fraction of sp³-hybridized carbons (Fsp3) is 0.458. The third-order valence-electron chi connectivity index (χ3n) is 6.32. The van der Waals surface area contributed by atoms with Crippen molar-refractivity contribution in [3.63, 3.8) is 0 Å². The summed E-state index contributed by atoms with van der Waals surface area (Å²) in [4.78, 5) is 14.2. The first-order chi connectivity index (χ1) is 14.1. The van der Waals surface area contributed by atoms with Gasteiger partial charge in [-0.2, -0.15) is 0 Å². The van der Waals surface area contributed by atoms with Gasteiger partial charge in [-0.15, -0.1) is 0 Å². The number of carbonyl (C=O) groups is 1. The van der Waals surface area contributed by atoms with Crippen molar-refractivity contribution in [2.75, 3.05) is 19.7 Å². The van der Waals surface area contributed by atoms with E-state index in [1.54, 1.807) is 6.07 Å². The normalized spacial score (nSPS) is 24.2. The molecule has 0 spiro atoms. The lowest BCUT2D eigenvalue weighted by Crippen LogP contribution is -2.67. The van der Waals surface area contributed by atoms with Gasteiger partial charge in [-0.3, -0.25) is 9.69 Å². The SMILES string of the molecule is CCC(=O)NC[C@H]1[C@@H](c2ccc(-c3cccc(F)c3)cc2)[C@@H](CO)N1CC1CC1. The first kappa shape index (κ1) is 20.0. The molecule has 2 fully saturated rings. The number of hydrogen-bond donors (Lipinski definition) is 2. The van der Waals surface area contributed by atoms with Crippen molar-refractivity contribution in [3.05, 3.63) is 59.9 Å². The Bertz CT molecular complexity index is 850. The molecular formula is C24H29FN2O2. The standard InChI is InChI=1S/C24H29FN2O2/c1-2-23(29)26-13-21-24(22(15-28)27(21)14-16-6-7-16)18-10-8-17(9-11-18)19-4-3-5-20(25)12-19/h3-5,8-12,16,21-22,24,28H,2,6-7,13-15H2,1H3,(H,26,29)/t21-,22+,24+/m0/s1. The Morgan fingerprint density at radius 3 is 2.52 bits per heavy atom.